The van der Waals surface area contributed by atoms with Gasteiger partial charge in [0.1, 0.15) is 34.0 Å². The molecule has 2 aliphatic heterocycles. The van der Waals surface area contributed by atoms with Crippen molar-refractivity contribution in [2.24, 2.45) is 36.8 Å². The third-order valence-electron chi connectivity index (χ3n) is 13.6. The first-order chi connectivity index (χ1) is 39.9. The largest absolute Gasteiger partial charge is 1.00 e. The smallest absolute Gasteiger partial charge is 1.00 e. The van der Waals surface area contributed by atoms with Crippen molar-refractivity contribution in [1.82, 2.24) is 63.9 Å². The molecule has 6 aromatic heterocycles. The standard InChI is InChI=1S/C26H34F3N7O4S.C19H20ClF3N6O4S.C7H15N.CH2O3.ClH.2K.2H2S.H/c1-16-12-25(5,6)35(13-16)22-18(23(37)33-41(38,39)19-14-34(7)31-17(19)2)8-9-20(30-22)36-11-10-21(32-36)40-15-24(3,4)26(27,28)29;1-11-13(9-28(4)25-11)34(31,32)27-17(30)12-5-6-14(24-16(12)20)29-8-7-15(26-29)33-10-18(2,3)19(21,22)23;1-6-4-7(2,3)8-5-6;2-1-4-3;;;;;;/h8-11,14,16H,12-13,15H2,1-7H3,(H,33,37);5-9H,10H2,1-4H3,(H,27,30);6,8H,4-5H2,1-3H3;1,3H;1H;;;2*1H2;/q;;;;;2*+1;;;-1/p-1/t16-;;6-;;;;;;;/m0.0......./s1. The van der Waals surface area contributed by atoms with Crippen LogP contribution in [0.25, 0.3) is 11.6 Å². The van der Waals surface area contributed by atoms with Crippen molar-refractivity contribution in [2.75, 3.05) is 31.2 Å². The van der Waals surface area contributed by atoms with Gasteiger partial charge in [-0.15, -0.1) is 22.6 Å². The number of sulfonamides is 2. The van der Waals surface area contributed by atoms with Crippen LogP contribution in [0.15, 0.2) is 71.0 Å². The summed E-state index contributed by atoms with van der Waals surface area (Å²) in [6.45, 7) is 20.3. The second kappa shape index (κ2) is 35.4. The van der Waals surface area contributed by atoms with Crippen molar-refractivity contribution < 1.29 is 181 Å². The van der Waals surface area contributed by atoms with Crippen LogP contribution in [0.2, 0.25) is 5.15 Å². The first-order valence-corrected chi connectivity index (χ1v) is 29.9. The summed E-state index contributed by atoms with van der Waals surface area (Å²) in [7, 11) is -5.32. The molecule has 39 heteroatoms. The van der Waals surface area contributed by atoms with Crippen molar-refractivity contribution in [3.8, 4) is 23.4 Å². The van der Waals surface area contributed by atoms with E-state index in [0.29, 0.717) is 12.1 Å². The molecule has 6 aromatic rings. The van der Waals surface area contributed by atoms with Crippen LogP contribution in [0.5, 0.6) is 11.8 Å². The van der Waals surface area contributed by atoms with Gasteiger partial charge in [-0.1, -0.05) is 25.4 Å². The van der Waals surface area contributed by atoms with Crippen molar-refractivity contribution >= 4 is 95.2 Å². The summed E-state index contributed by atoms with van der Waals surface area (Å²) in [6.07, 6.45) is -1.35. The van der Waals surface area contributed by atoms with E-state index in [1.165, 1.54) is 114 Å². The third kappa shape index (κ3) is 23.9. The van der Waals surface area contributed by atoms with E-state index >= 15 is 0 Å². The zero-order chi connectivity index (χ0) is 65.6. The van der Waals surface area contributed by atoms with Crippen LogP contribution in [0, 0.1) is 36.5 Å². The number of carbonyl (C=O) groups is 3. The van der Waals surface area contributed by atoms with Crippen LogP contribution in [-0.2, 0) is 43.8 Å². The number of rotatable bonds is 16. The molecule has 0 radical (unpaired) electrons. The zero-order valence-electron chi connectivity index (χ0n) is 54.5. The first-order valence-electron chi connectivity index (χ1n) is 26.5. The number of halogens is 8. The molecule has 2 saturated heterocycles. The molecule has 0 spiro atoms. The number of amides is 2. The normalized spacial score (nSPS) is 15.8. The Morgan fingerprint density at radius 1 is 0.717 bits per heavy atom. The van der Waals surface area contributed by atoms with Crippen molar-refractivity contribution in [1.29, 1.82) is 0 Å². The molecule has 2 atom stereocenters. The summed E-state index contributed by atoms with van der Waals surface area (Å²) in [4.78, 5) is 47.5. The van der Waals surface area contributed by atoms with E-state index < -0.39 is 73.8 Å². The predicted molar refractivity (Wildman–Crippen MR) is 331 cm³/mol. The molecule has 2 aliphatic rings. The molecular formula is C53H76Cl2F6K2N14O11S4. The molecule has 2 fully saturated rings. The maximum Gasteiger partial charge on any atom is 1.00 e. The fraction of sp³-hybridized carbons (Fsp3) is 0.528. The number of alkyl halides is 6. The van der Waals surface area contributed by atoms with Gasteiger partial charge >= 0.3 is 115 Å². The Labute approximate surface area is 642 Å². The molecule has 8 heterocycles. The molecule has 92 heavy (non-hydrogen) atoms. The number of anilines is 1. The van der Waals surface area contributed by atoms with E-state index in [2.05, 4.69) is 73.0 Å². The summed E-state index contributed by atoms with van der Waals surface area (Å²) in [5.41, 5.74) is -3.88. The van der Waals surface area contributed by atoms with Gasteiger partial charge < -0.3 is 31.3 Å². The van der Waals surface area contributed by atoms with Gasteiger partial charge in [-0.2, -0.15) is 63.5 Å². The number of ether oxygens (including phenoxy) is 2. The second-order valence-corrected chi connectivity index (χ2v) is 27.1. The molecule has 3 N–H and O–H groups in total. The molecule has 0 aromatic carbocycles. The van der Waals surface area contributed by atoms with Crippen molar-refractivity contribution in [2.45, 2.75) is 129 Å². The molecule has 2 amide bonds. The van der Waals surface area contributed by atoms with Gasteiger partial charge in [0.2, 0.25) is 11.8 Å². The van der Waals surface area contributed by atoms with Crippen LogP contribution < -0.4 is 137 Å². The molecule has 0 saturated carbocycles. The summed E-state index contributed by atoms with van der Waals surface area (Å²) < 4.78 is 149. The van der Waals surface area contributed by atoms with Gasteiger partial charge in [0.05, 0.1) is 33.3 Å². The quantitative estimate of drug-likeness (QED) is 0.0310. The van der Waals surface area contributed by atoms with E-state index in [4.69, 9.17) is 31.1 Å². The van der Waals surface area contributed by atoms with Crippen molar-refractivity contribution in [3.05, 3.63) is 88.9 Å². The maximum absolute atomic E-state index is 13.4. The van der Waals surface area contributed by atoms with E-state index in [1.54, 1.807) is 7.05 Å². The molecule has 506 valence electrons. The minimum Gasteiger partial charge on any atom is -1.00 e. The number of hydrogen-bond acceptors (Lipinski definition) is 19. The van der Waals surface area contributed by atoms with Gasteiger partial charge in [0, 0.05) is 68.6 Å². The van der Waals surface area contributed by atoms with Gasteiger partial charge in [-0.3, -0.25) is 23.7 Å². The SMILES string of the molecule is C[C@@H]1CNC(C)(C)C1.Cc1nn(C)cc1S(=O)(=O)NC(=O)c1ccc(-n2ccc(OCC(C)(C)C(F)(F)F)n2)nc1Cl.Cc1nn(C)cc1S(=O)(=O)NC(=O)c1ccc(-n2ccc(OCC(C)(C)C(F)(F)F)n2)nc1N1C[C@@H](C)CC1(C)C.Cl.O=CO[O-].S.S.[H-].[K+].[K+]. The monoisotopic (exact) mass is 1470 g/mol. The number of pyridine rings is 2. The van der Waals surface area contributed by atoms with Gasteiger partial charge in [-0.05, 0) is 125 Å². The molecule has 0 bridgehead atoms. The fourth-order valence-corrected chi connectivity index (χ4v) is 11.5. The fourth-order valence-electron chi connectivity index (χ4n) is 8.94. The summed E-state index contributed by atoms with van der Waals surface area (Å²) >= 11 is 6.08. The van der Waals surface area contributed by atoms with Crippen LogP contribution in [-0.4, -0.2) is 134 Å². The number of aromatic nitrogens is 10. The van der Waals surface area contributed by atoms with Gasteiger partial charge in [0.25, 0.3) is 38.3 Å². The summed E-state index contributed by atoms with van der Waals surface area (Å²) in [5, 5.41) is 27.7. The summed E-state index contributed by atoms with van der Waals surface area (Å²) in [6, 6.07) is 8.25. The average molecular weight is 1480 g/mol. The number of aryl methyl sites for hydroxylation is 4. The van der Waals surface area contributed by atoms with Crippen LogP contribution in [0.1, 0.15) is 116 Å². The molecule has 25 nitrogen and oxygen atoms in total. The Bertz CT molecular complexity index is 3680. The molecule has 8 rings (SSSR count). The van der Waals surface area contributed by atoms with Crippen LogP contribution >= 0.6 is 51.0 Å². The second-order valence-electron chi connectivity index (χ2n) is 23.5. The number of nitrogens with one attached hydrogen (secondary N) is 3. The van der Waals surface area contributed by atoms with E-state index in [9.17, 15) is 52.8 Å². The Hall–Kier alpha value is -3.10. The topological polar surface area (TPSA) is 307 Å². The average Bonchev–Trinajstić information content (AvgIpc) is 1.44. The zero-order valence-corrected chi connectivity index (χ0v) is 65.0. The minimum absolute atomic E-state index is 0. The Morgan fingerprint density at radius 2 is 1.12 bits per heavy atom. The van der Waals surface area contributed by atoms with Gasteiger partial charge in [-0.25, -0.2) is 45.6 Å². The van der Waals surface area contributed by atoms with E-state index in [0.717, 1.165) is 40.0 Å². The Balaban J connectivity index is 0. The van der Waals surface area contributed by atoms with E-state index in [1.807, 2.05) is 23.5 Å². The summed E-state index contributed by atoms with van der Waals surface area (Å²) in [5.74, 6) is -0.179. The number of hydrogen-bond donors (Lipinski definition) is 3. The first kappa shape index (κ1) is 88.9. The minimum atomic E-state index is -4.45. The van der Waals surface area contributed by atoms with E-state index in [-0.39, 0.29) is 223 Å². The third-order valence-corrected chi connectivity index (χ3v) is 16.8. The maximum atomic E-state index is 13.4. The van der Waals surface area contributed by atoms with Crippen LogP contribution in [0.4, 0.5) is 32.2 Å². The molecule has 0 aliphatic carbocycles. The number of carbonyl (C=O) groups excluding carboxylic acids is 3. The molecular weight excluding hydrogens is 1400 g/mol. The Kier molecular flexibility index (Phi) is 34.2. The van der Waals surface area contributed by atoms with Gasteiger partial charge in [0.15, 0.2) is 11.6 Å². The van der Waals surface area contributed by atoms with Crippen LogP contribution in [0.3, 0.4) is 0 Å². The number of nitrogens with zero attached hydrogens (tertiary/aromatic N) is 11. The predicted octanol–water partition coefficient (Wildman–Crippen LogP) is 1.67. The molecule has 0 unspecified atom stereocenters. The van der Waals surface area contributed by atoms with Crippen molar-refractivity contribution in [3.63, 3.8) is 0 Å². The Morgan fingerprint density at radius 3 is 1.43 bits per heavy atom.